The lowest BCUT2D eigenvalue weighted by Crippen LogP contribution is -2.36. The summed E-state index contributed by atoms with van der Waals surface area (Å²) in [4.78, 5) is 24.0. The van der Waals surface area contributed by atoms with Gasteiger partial charge in [0.15, 0.2) is 0 Å². The van der Waals surface area contributed by atoms with Crippen LogP contribution in [0.1, 0.15) is 22.3 Å². The third-order valence-corrected chi connectivity index (χ3v) is 4.42. The quantitative estimate of drug-likeness (QED) is 0.722. The lowest BCUT2D eigenvalue weighted by molar-refractivity contribution is -0.122. The Morgan fingerprint density at radius 2 is 1.54 bits per heavy atom. The van der Waals surface area contributed by atoms with E-state index in [1.54, 1.807) is 6.07 Å². The number of hydrogen-bond acceptors (Lipinski definition) is 3. The number of carbonyl (C=O) groups is 2. The smallest absolute Gasteiger partial charge is 0.243 e. The Balaban J connectivity index is 1.81. The van der Waals surface area contributed by atoms with Gasteiger partial charge < -0.3 is 16.0 Å². The fourth-order valence-corrected chi connectivity index (χ4v) is 2.87. The van der Waals surface area contributed by atoms with Gasteiger partial charge in [-0.05, 0) is 56.5 Å². The van der Waals surface area contributed by atoms with Gasteiger partial charge in [0.1, 0.15) is 0 Å². The fourth-order valence-electron chi connectivity index (χ4n) is 2.69. The number of benzene rings is 2. The van der Waals surface area contributed by atoms with Crippen LogP contribution in [0.3, 0.4) is 0 Å². The van der Waals surface area contributed by atoms with E-state index in [-0.39, 0.29) is 24.9 Å². The first-order chi connectivity index (χ1) is 12.3. The van der Waals surface area contributed by atoms with E-state index in [4.69, 9.17) is 11.6 Å². The zero-order chi connectivity index (χ0) is 19.3. The van der Waals surface area contributed by atoms with Gasteiger partial charge in [-0.2, -0.15) is 0 Å². The normalized spacial score (nSPS) is 10.3. The molecule has 2 rings (SSSR count). The molecule has 0 saturated heterocycles. The maximum Gasteiger partial charge on any atom is 0.243 e. The molecule has 0 aromatic heterocycles. The highest BCUT2D eigenvalue weighted by atomic mass is 35.5. The minimum absolute atomic E-state index is 0.0647. The van der Waals surface area contributed by atoms with Gasteiger partial charge in [-0.1, -0.05) is 35.4 Å². The van der Waals surface area contributed by atoms with Gasteiger partial charge in [0, 0.05) is 16.4 Å². The molecule has 3 N–H and O–H groups in total. The molecule has 0 atom stereocenters. The van der Waals surface area contributed by atoms with E-state index in [1.165, 1.54) is 0 Å². The van der Waals surface area contributed by atoms with Crippen LogP contribution in [0.25, 0.3) is 0 Å². The predicted octanol–water partition coefficient (Wildman–Crippen LogP) is 3.74. The number of rotatable bonds is 6. The Hall–Kier alpha value is -2.53. The van der Waals surface area contributed by atoms with Crippen LogP contribution >= 0.6 is 11.6 Å². The third-order valence-electron chi connectivity index (χ3n) is 4.01. The first kappa shape index (κ1) is 19.8. The summed E-state index contributed by atoms with van der Waals surface area (Å²) >= 11 is 6.05. The van der Waals surface area contributed by atoms with Crippen molar-refractivity contribution in [1.29, 1.82) is 0 Å². The van der Waals surface area contributed by atoms with Crippen LogP contribution in [0, 0.1) is 27.7 Å². The van der Waals surface area contributed by atoms with Gasteiger partial charge in [-0.15, -0.1) is 0 Å². The average molecular weight is 374 g/mol. The highest BCUT2D eigenvalue weighted by Crippen LogP contribution is 2.22. The first-order valence-electron chi connectivity index (χ1n) is 8.40. The van der Waals surface area contributed by atoms with E-state index in [0.717, 1.165) is 33.6 Å². The average Bonchev–Trinajstić information content (AvgIpc) is 2.57. The number of aryl methyl sites for hydroxylation is 4. The summed E-state index contributed by atoms with van der Waals surface area (Å²) in [7, 11) is 0. The second kappa shape index (κ2) is 8.72. The van der Waals surface area contributed by atoms with Gasteiger partial charge in [-0.3, -0.25) is 9.59 Å². The molecule has 5 nitrogen and oxygen atoms in total. The van der Waals surface area contributed by atoms with Crippen molar-refractivity contribution in [2.24, 2.45) is 0 Å². The molecule has 0 spiro atoms. The summed E-state index contributed by atoms with van der Waals surface area (Å²) in [5, 5.41) is 9.08. The molecule has 0 fully saturated rings. The Labute approximate surface area is 159 Å². The summed E-state index contributed by atoms with van der Waals surface area (Å²) in [6.45, 7) is 7.81. The molecule has 138 valence electrons. The molecule has 0 aliphatic carbocycles. The van der Waals surface area contributed by atoms with Crippen molar-refractivity contribution in [2.45, 2.75) is 27.7 Å². The summed E-state index contributed by atoms with van der Waals surface area (Å²) in [6.07, 6.45) is 0. The van der Waals surface area contributed by atoms with Crippen LogP contribution in [0.2, 0.25) is 5.02 Å². The van der Waals surface area contributed by atoms with Crippen LogP contribution in [-0.2, 0) is 9.59 Å². The molecule has 2 aromatic rings. The van der Waals surface area contributed by atoms with Gasteiger partial charge in [0.05, 0.1) is 13.1 Å². The molecule has 2 amide bonds. The van der Waals surface area contributed by atoms with Crippen molar-refractivity contribution in [1.82, 2.24) is 5.32 Å². The highest BCUT2D eigenvalue weighted by Gasteiger charge is 2.10. The predicted molar refractivity (Wildman–Crippen MR) is 107 cm³/mol. The van der Waals surface area contributed by atoms with Crippen LogP contribution in [-0.4, -0.2) is 24.9 Å². The van der Waals surface area contributed by atoms with Crippen molar-refractivity contribution in [3.63, 3.8) is 0 Å². The minimum Gasteiger partial charge on any atom is -0.376 e. The van der Waals surface area contributed by atoms with Gasteiger partial charge in [0.2, 0.25) is 11.8 Å². The van der Waals surface area contributed by atoms with Crippen molar-refractivity contribution in [3.8, 4) is 0 Å². The number of anilines is 2. The first-order valence-corrected chi connectivity index (χ1v) is 8.78. The van der Waals surface area contributed by atoms with Crippen molar-refractivity contribution < 1.29 is 9.59 Å². The zero-order valence-corrected chi connectivity index (χ0v) is 16.3. The summed E-state index contributed by atoms with van der Waals surface area (Å²) in [6, 6.07) is 9.52. The van der Waals surface area contributed by atoms with Crippen LogP contribution in [0.15, 0.2) is 30.3 Å². The SMILES string of the molecule is Cc1cc(C)c(NC(=O)CNC(=O)CNc2ccc(C)c(Cl)c2)c(C)c1. The lowest BCUT2D eigenvalue weighted by Gasteiger charge is -2.13. The van der Waals surface area contributed by atoms with Gasteiger partial charge in [-0.25, -0.2) is 0 Å². The van der Waals surface area contributed by atoms with E-state index < -0.39 is 0 Å². The van der Waals surface area contributed by atoms with Crippen molar-refractivity contribution in [3.05, 3.63) is 57.6 Å². The molecular formula is C20H24ClN3O2. The number of nitrogens with one attached hydrogen (secondary N) is 3. The second-order valence-electron chi connectivity index (χ2n) is 6.42. The summed E-state index contributed by atoms with van der Waals surface area (Å²) in [5.74, 6) is -0.527. The molecule has 0 aliphatic heterocycles. The van der Waals surface area contributed by atoms with Gasteiger partial charge in [0.25, 0.3) is 0 Å². The standard InChI is InChI=1S/C20H24ClN3O2/c1-12-7-14(3)20(15(4)8-12)24-19(26)11-23-18(25)10-22-16-6-5-13(2)17(21)9-16/h5-9,22H,10-11H2,1-4H3,(H,23,25)(H,24,26). The largest absolute Gasteiger partial charge is 0.376 e. The maximum atomic E-state index is 12.1. The Morgan fingerprint density at radius 1 is 0.885 bits per heavy atom. The number of carbonyl (C=O) groups excluding carboxylic acids is 2. The molecule has 26 heavy (non-hydrogen) atoms. The minimum atomic E-state index is -0.269. The zero-order valence-electron chi connectivity index (χ0n) is 15.5. The van der Waals surface area contributed by atoms with E-state index in [2.05, 4.69) is 16.0 Å². The third kappa shape index (κ3) is 5.49. The summed E-state index contributed by atoms with van der Waals surface area (Å²) in [5.41, 5.74) is 5.67. The number of halogens is 1. The Morgan fingerprint density at radius 3 is 2.15 bits per heavy atom. The molecule has 0 heterocycles. The molecule has 0 saturated carbocycles. The van der Waals surface area contributed by atoms with E-state index in [9.17, 15) is 9.59 Å². The molecule has 0 unspecified atom stereocenters. The van der Waals surface area contributed by atoms with Crippen LogP contribution in [0.4, 0.5) is 11.4 Å². The van der Waals surface area contributed by atoms with E-state index in [1.807, 2.05) is 52.0 Å². The molecule has 0 aliphatic rings. The topological polar surface area (TPSA) is 70.2 Å². The van der Waals surface area contributed by atoms with Crippen LogP contribution < -0.4 is 16.0 Å². The summed E-state index contributed by atoms with van der Waals surface area (Å²) < 4.78 is 0. The van der Waals surface area contributed by atoms with Crippen LogP contribution in [0.5, 0.6) is 0 Å². The van der Waals surface area contributed by atoms with Crippen molar-refractivity contribution in [2.75, 3.05) is 23.7 Å². The van der Waals surface area contributed by atoms with E-state index >= 15 is 0 Å². The Bertz CT molecular complexity index is 811. The van der Waals surface area contributed by atoms with Crippen molar-refractivity contribution >= 4 is 34.8 Å². The molecule has 6 heteroatoms. The van der Waals surface area contributed by atoms with E-state index in [0.29, 0.717) is 5.02 Å². The fraction of sp³-hybridized carbons (Fsp3) is 0.300. The molecule has 0 radical (unpaired) electrons. The number of hydrogen-bond donors (Lipinski definition) is 3. The maximum absolute atomic E-state index is 12.1. The second-order valence-corrected chi connectivity index (χ2v) is 6.82. The molecule has 2 aromatic carbocycles. The van der Waals surface area contributed by atoms with Gasteiger partial charge >= 0.3 is 0 Å². The number of amides is 2. The monoisotopic (exact) mass is 373 g/mol. The molecule has 0 bridgehead atoms. The Kier molecular flexibility index (Phi) is 6.64. The highest BCUT2D eigenvalue weighted by molar-refractivity contribution is 6.31. The lowest BCUT2D eigenvalue weighted by atomic mass is 10.1. The molecular weight excluding hydrogens is 350 g/mol.